The van der Waals surface area contributed by atoms with Crippen LogP contribution in [0.15, 0.2) is 72.8 Å². The lowest BCUT2D eigenvalue weighted by Gasteiger charge is -2.36. The van der Waals surface area contributed by atoms with Crippen molar-refractivity contribution in [2.45, 2.75) is 13.5 Å². The smallest absolute Gasteiger partial charge is 0.179 e. The molecule has 1 aliphatic rings. The Kier molecular flexibility index (Phi) is 6.96. The number of benzene rings is 3. The molecule has 3 aromatic carbocycles. The van der Waals surface area contributed by atoms with Gasteiger partial charge in [-0.2, -0.15) is 0 Å². The van der Waals surface area contributed by atoms with Gasteiger partial charge in [0.1, 0.15) is 11.5 Å². The number of methoxy groups -OCH3 is 2. The third-order valence-corrected chi connectivity index (χ3v) is 7.16. The van der Waals surface area contributed by atoms with Crippen molar-refractivity contribution in [1.82, 2.24) is 9.47 Å². The van der Waals surface area contributed by atoms with Gasteiger partial charge in [0.2, 0.25) is 0 Å². The van der Waals surface area contributed by atoms with Gasteiger partial charge < -0.3 is 18.9 Å². The van der Waals surface area contributed by atoms with Crippen LogP contribution in [0.5, 0.6) is 11.5 Å². The summed E-state index contributed by atoms with van der Waals surface area (Å²) in [4.78, 5) is 18.3. The summed E-state index contributed by atoms with van der Waals surface area (Å²) >= 11 is 0. The van der Waals surface area contributed by atoms with Crippen LogP contribution < -0.4 is 14.4 Å². The van der Waals surface area contributed by atoms with Gasteiger partial charge in [-0.25, -0.2) is 0 Å². The Morgan fingerprint density at radius 2 is 1.58 bits per heavy atom. The van der Waals surface area contributed by atoms with Gasteiger partial charge in [-0.05, 0) is 42.8 Å². The maximum Gasteiger partial charge on any atom is 0.179 e. The number of aromatic nitrogens is 1. The fourth-order valence-electron chi connectivity index (χ4n) is 5.23. The quantitative estimate of drug-likeness (QED) is 0.329. The zero-order chi connectivity index (χ0) is 25.1. The van der Waals surface area contributed by atoms with Crippen molar-refractivity contribution < 1.29 is 14.3 Å². The number of nitrogens with zero attached hydrogens (tertiary/aromatic N) is 3. The Labute approximate surface area is 212 Å². The van der Waals surface area contributed by atoms with Gasteiger partial charge in [0.15, 0.2) is 5.78 Å². The van der Waals surface area contributed by atoms with Gasteiger partial charge >= 0.3 is 0 Å². The standard InChI is InChI=1S/C30H33N3O3/c1-22-30(25-19-24(35-2)13-14-26(25)33(22)20-23-9-5-4-6-10-23)28(34)21-31-15-17-32(18-16-31)27-11-7-8-12-29(27)36-3/h4-14,19H,15-18,20-21H2,1-3H3. The Balaban J connectivity index is 1.37. The van der Waals surface area contributed by atoms with Crippen LogP contribution in [0, 0.1) is 6.92 Å². The van der Waals surface area contributed by atoms with Crippen molar-refractivity contribution in [2.75, 3.05) is 51.8 Å². The number of ketones is 1. The minimum absolute atomic E-state index is 0.156. The largest absolute Gasteiger partial charge is 0.497 e. The zero-order valence-corrected chi connectivity index (χ0v) is 21.2. The van der Waals surface area contributed by atoms with Crippen molar-refractivity contribution in [1.29, 1.82) is 0 Å². The highest BCUT2D eigenvalue weighted by molar-refractivity contribution is 6.10. The molecule has 0 amide bonds. The van der Waals surface area contributed by atoms with E-state index in [1.54, 1.807) is 14.2 Å². The predicted octanol–water partition coefficient (Wildman–Crippen LogP) is 5.02. The Hall–Kier alpha value is -3.77. The van der Waals surface area contributed by atoms with Gasteiger partial charge in [0.25, 0.3) is 0 Å². The van der Waals surface area contributed by atoms with Crippen molar-refractivity contribution in [3.05, 3.63) is 89.6 Å². The summed E-state index contributed by atoms with van der Waals surface area (Å²) in [6.07, 6.45) is 0. The molecule has 1 aromatic heterocycles. The summed E-state index contributed by atoms with van der Waals surface area (Å²) in [5.74, 6) is 1.81. The number of rotatable bonds is 8. The number of para-hydroxylation sites is 2. The number of Topliss-reactive ketones (excluding diaryl/α,β-unsaturated/α-hetero) is 1. The first-order valence-corrected chi connectivity index (χ1v) is 12.4. The van der Waals surface area contributed by atoms with Crippen LogP contribution in [0.3, 0.4) is 0 Å². The SMILES string of the molecule is COc1ccc2c(c1)c(C(=O)CN1CCN(c3ccccc3OC)CC1)c(C)n2Cc1ccccc1. The van der Waals surface area contributed by atoms with E-state index in [4.69, 9.17) is 9.47 Å². The van der Waals surface area contributed by atoms with Gasteiger partial charge in [-0.3, -0.25) is 9.69 Å². The van der Waals surface area contributed by atoms with E-state index < -0.39 is 0 Å². The Morgan fingerprint density at radius 1 is 0.861 bits per heavy atom. The highest BCUT2D eigenvalue weighted by Crippen LogP contribution is 2.32. The topological polar surface area (TPSA) is 46.9 Å². The molecule has 1 saturated heterocycles. The van der Waals surface area contributed by atoms with E-state index in [9.17, 15) is 4.79 Å². The second-order valence-corrected chi connectivity index (χ2v) is 9.27. The molecule has 6 nitrogen and oxygen atoms in total. The summed E-state index contributed by atoms with van der Waals surface area (Å²) in [5, 5.41) is 0.959. The molecule has 0 bridgehead atoms. The molecule has 6 heteroatoms. The van der Waals surface area contributed by atoms with Gasteiger partial charge in [0.05, 0.1) is 26.5 Å². The van der Waals surface area contributed by atoms with E-state index in [1.807, 2.05) is 36.4 Å². The number of piperazine rings is 1. The van der Waals surface area contributed by atoms with E-state index in [0.29, 0.717) is 6.54 Å². The van der Waals surface area contributed by atoms with Gasteiger partial charge in [0, 0.05) is 54.9 Å². The molecule has 4 aromatic rings. The van der Waals surface area contributed by atoms with Crippen LogP contribution in [0.2, 0.25) is 0 Å². The van der Waals surface area contributed by atoms with E-state index in [0.717, 1.165) is 72.1 Å². The molecule has 1 aliphatic heterocycles. The van der Waals surface area contributed by atoms with Crippen LogP contribution in [0.4, 0.5) is 5.69 Å². The van der Waals surface area contributed by atoms with Crippen LogP contribution >= 0.6 is 0 Å². The molecule has 0 radical (unpaired) electrons. The lowest BCUT2D eigenvalue weighted by molar-refractivity contribution is 0.0927. The maximum atomic E-state index is 13.7. The average molecular weight is 484 g/mol. The molecule has 0 atom stereocenters. The van der Waals surface area contributed by atoms with Crippen molar-refractivity contribution in [3.63, 3.8) is 0 Å². The first-order valence-electron chi connectivity index (χ1n) is 12.4. The summed E-state index contributed by atoms with van der Waals surface area (Å²) in [6.45, 7) is 6.56. The number of fused-ring (bicyclic) bond motifs is 1. The summed E-state index contributed by atoms with van der Waals surface area (Å²) in [6, 6.07) is 24.5. The summed E-state index contributed by atoms with van der Waals surface area (Å²) in [5.41, 5.74) is 5.17. The van der Waals surface area contributed by atoms with Crippen LogP contribution in [0.25, 0.3) is 10.9 Å². The van der Waals surface area contributed by atoms with Gasteiger partial charge in [-0.15, -0.1) is 0 Å². The number of carbonyl (C=O) groups is 1. The molecule has 0 unspecified atom stereocenters. The van der Waals surface area contributed by atoms with E-state index in [1.165, 1.54) is 5.56 Å². The molecular formula is C30H33N3O3. The molecule has 0 N–H and O–H groups in total. The summed E-state index contributed by atoms with van der Waals surface area (Å²) in [7, 11) is 3.37. The molecule has 1 fully saturated rings. The predicted molar refractivity (Wildman–Crippen MR) is 145 cm³/mol. The maximum absolute atomic E-state index is 13.7. The minimum atomic E-state index is 0.156. The minimum Gasteiger partial charge on any atom is -0.497 e. The Morgan fingerprint density at radius 3 is 2.31 bits per heavy atom. The van der Waals surface area contributed by atoms with Crippen LogP contribution in [0.1, 0.15) is 21.6 Å². The summed E-state index contributed by atoms with van der Waals surface area (Å²) < 4.78 is 13.3. The third kappa shape index (κ3) is 4.69. The first kappa shape index (κ1) is 23.9. The van der Waals surface area contributed by atoms with Crippen molar-refractivity contribution >= 4 is 22.4 Å². The number of anilines is 1. The molecule has 2 heterocycles. The van der Waals surface area contributed by atoms with E-state index in [-0.39, 0.29) is 5.78 Å². The van der Waals surface area contributed by atoms with E-state index in [2.05, 4.69) is 57.7 Å². The average Bonchev–Trinajstić information content (AvgIpc) is 3.19. The number of hydrogen-bond donors (Lipinski definition) is 0. The molecular weight excluding hydrogens is 450 g/mol. The first-order chi connectivity index (χ1) is 17.6. The van der Waals surface area contributed by atoms with Crippen LogP contribution in [-0.4, -0.2) is 62.2 Å². The highest BCUT2D eigenvalue weighted by Gasteiger charge is 2.25. The lowest BCUT2D eigenvalue weighted by Crippen LogP contribution is -2.48. The van der Waals surface area contributed by atoms with Crippen molar-refractivity contribution in [2.24, 2.45) is 0 Å². The van der Waals surface area contributed by atoms with Crippen LogP contribution in [-0.2, 0) is 6.54 Å². The monoisotopic (exact) mass is 483 g/mol. The molecule has 0 aliphatic carbocycles. The molecule has 0 saturated carbocycles. The van der Waals surface area contributed by atoms with Gasteiger partial charge in [-0.1, -0.05) is 42.5 Å². The Bertz CT molecular complexity index is 1350. The molecule has 0 spiro atoms. The molecule has 5 rings (SSSR count). The fraction of sp³-hybridized carbons (Fsp3) is 0.300. The number of hydrogen-bond acceptors (Lipinski definition) is 5. The normalized spacial score (nSPS) is 14.2. The number of carbonyl (C=O) groups excluding carboxylic acids is 1. The van der Waals surface area contributed by atoms with Crippen molar-refractivity contribution in [3.8, 4) is 11.5 Å². The number of ether oxygens (including phenoxy) is 2. The lowest BCUT2D eigenvalue weighted by atomic mass is 10.1. The third-order valence-electron chi connectivity index (χ3n) is 7.16. The molecule has 186 valence electrons. The highest BCUT2D eigenvalue weighted by atomic mass is 16.5. The zero-order valence-electron chi connectivity index (χ0n) is 21.2. The fourth-order valence-corrected chi connectivity index (χ4v) is 5.23. The van der Waals surface area contributed by atoms with E-state index >= 15 is 0 Å². The molecule has 36 heavy (non-hydrogen) atoms. The second kappa shape index (κ2) is 10.5. The second-order valence-electron chi connectivity index (χ2n) is 9.27.